The van der Waals surface area contributed by atoms with E-state index in [1.165, 1.54) is 37.9 Å². The summed E-state index contributed by atoms with van der Waals surface area (Å²) >= 11 is 0. The van der Waals surface area contributed by atoms with Gasteiger partial charge in [0.05, 0.1) is 0 Å². The molecular formula is C24H17N. The van der Waals surface area contributed by atoms with Crippen molar-refractivity contribution in [2.45, 2.75) is 0 Å². The van der Waals surface area contributed by atoms with Gasteiger partial charge in [0.2, 0.25) is 0 Å². The van der Waals surface area contributed by atoms with Crippen LogP contribution in [0.2, 0.25) is 0 Å². The van der Waals surface area contributed by atoms with Crippen LogP contribution in [0.5, 0.6) is 0 Å². The zero-order chi connectivity index (χ0) is 16.6. The molecule has 4 aromatic carbocycles. The molecule has 0 saturated carbocycles. The monoisotopic (exact) mass is 319 g/mol. The van der Waals surface area contributed by atoms with Gasteiger partial charge in [0.25, 0.3) is 0 Å². The molecule has 1 nitrogen and oxygen atoms in total. The first-order valence-electron chi connectivity index (χ1n) is 8.55. The van der Waals surface area contributed by atoms with Crippen molar-refractivity contribution in [3.05, 3.63) is 103 Å². The topological polar surface area (TPSA) is 12.0 Å². The van der Waals surface area contributed by atoms with Gasteiger partial charge in [-0.3, -0.25) is 0 Å². The quantitative estimate of drug-likeness (QED) is 0.414. The Balaban J connectivity index is 1.89. The number of hydrogen-bond acceptors (Lipinski definition) is 1. The third-order valence-corrected chi connectivity index (χ3v) is 4.88. The Morgan fingerprint density at radius 3 is 1.80 bits per heavy atom. The molecule has 25 heavy (non-hydrogen) atoms. The molecule has 0 radical (unpaired) electrons. The van der Waals surface area contributed by atoms with Gasteiger partial charge in [-0.2, -0.15) is 0 Å². The number of benzene rings is 4. The number of rotatable bonds is 1. The number of nitrogens with one attached hydrogen (secondary N) is 1. The molecule has 4 aromatic rings. The van der Waals surface area contributed by atoms with Gasteiger partial charge < -0.3 is 5.32 Å². The van der Waals surface area contributed by atoms with E-state index in [1.54, 1.807) is 0 Å². The van der Waals surface area contributed by atoms with Gasteiger partial charge in [0.15, 0.2) is 0 Å². The molecular weight excluding hydrogens is 302 g/mol. The van der Waals surface area contributed by atoms with Gasteiger partial charge in [-0.15, -0.1) is 0 Å². The second kappa shape index (κ2) is 5.64. The summed E-state index contributed by atoms with van der Waals surface area (Å²) in [6.07, 6.45) is 10.2. The minimum Gasteiger partial charge on any atom is -0.361 e. The highest BCUT2D eigenvalue weighted by Gasteiger charge is 2.09. The molecule has 0 bridgehead atoms. The molecule has 0 aromatic heterocycles. The van der Waals surface area contributed by atoms with Crippen LogP contribution in [-0.2, 0) is 0 Å². The van der Waals surface area contributed by atoms with Crippen molar-refractivity contribution in [2.75, 3.05) is 0 Å². The van der Waals surface area contributed by atoms with Gasteiger partial charge >= 0.3 is 0 Å². The van der Waals surface area contributed by atoms with E-state index in [1.807, 2.05) is 18.4 Å². The lowest BCUT2D eigenvalue weighted by Gasteiger charge is -2.13. The molecule has 1 aliphatic rings. The lowest BCUT2D eigenvalue weighted by Crippen LogP contribution is -2.02. The summed E-state index contributed by atoms with van der Waals surface area (Å²) in [5.74, 6) is 0. The maximum absolute atomic E-state index is 3.37. The average Bonchev–Trinajstić information content (AvgIpc) is 2.97. The Kier molecular flexibility index (Phi) is 3.17. The maximum Gasteiger partial charge on any atom is 0.0453 e. The van der Waals surface area contributed by atoms with Crippen LogP contribution in [0.15, 0.2) is 97.2 Å². The molecule has 0 atom stereocenters. The molecule has 0 fully saturated rings. The van der Waals surface area contributed by atoms with Crippen LogP contribution >= 0.6 is 0 Å². The predicted octanol–water partition coefficient (Wildman–Crippen LogP) is 6.16. The third-order valence-electron chi connectivity index (χ3n) is 4.88. The summed E-state index contributed by atoms with van der Waals surface area (Å²) in [4.78, 5) is 0. The first kappa shape index (κ1) is 14.1. The highest BCUT2D eigenvalue weighted by molar-refractivity contribution is 6.25. The molecule has 0 unspecified atom stereocenters. The van der Waals surface area contributed by atoms with Crippen molar-refractivity contribution in [2.24, 2.45) is 0 Å². The van der Waals surface area contributed by atoms with Gasteiger partial charge in [-0.1, -0.05) is 72.8 Å². The fourth-order valence-electron chi connectivity index (χ4n) is 3.71. The van der Waals surface area contributed by atoms with E-state index in [4.69, 9.17) is 0 Å². The van der Waals surface area contributed by atoms with Crippen molar-refractivity contribution in [3.63, 3.8) is 0 Å². The standard InChI is InChI=1S/C24H17N/c1-2-12-24(25-15-7-1)17-13-14-22-20-10-4-3-8-18(20)19-9-5-6-11-21(19)23(22)16-17/h1-16,25H. The van der Waals surface area contributed by atoms with Crippen LogP contribution < -0.4 is 5.32 Å². The number of hydrogen-bond donors (Lipinski definition) is 1. The normalized spacial score (nSPS) is 13.8. The largest absolute Gasteiger partial charge is 0.361 e. The Morgan fingerprint density at radius 1 is 0.520 bits per heavy atom. The van der Waals surface area contributed by atoms with E-state index in [9.17, 15) is 0 Å². The maximum atomic E-state index is 3.37. The van der Waals surface area contributed by atoms with Crippen LogP contribution in [-0.4, -0.2) is 0 Å². The SMILES string of the molecule is C1=CC=C(c2ccc3c4ccccc4c4ccccc4c3c2)NC=C1. The molecule has 1 heteroatoms. The van der Waals surface area contributed by atoms with E-state index in [2.05, 4.69) is 84.2 Å². The Labute approximate surface area is 146 Å². The predicted molar refractivity (Wildman–Crippen MR) is 108 cm³/mol. The summed E-state index contributed by atoms with van der Waals surface area (Å²) in [5.41, 5.74) is 2.31. The summed E-state index contributed by atoms with van der Waals surface area (Å²) in [6, 6.07) is 24.1. The zero-order valence-corrected chi connectivity index (χ0v) is 13.7. The molecule has 0 saturated heterocycles. The highest BCUT2D eigenvalue weighted by Crippen LogP contribution is 2.35. The molecule has 1 N–H and O–H groups in total. The van der Waals surface area contributed by atoms with E-state index in [0.717, 1.165) is 5.70 Å². The Hall–Kier alpha value is -3.32. The number of fused-ring (bicyclic) bond motifs is 6. The summed E-state index contributed by atoms with van der Waals surface area (Å²) in [7, 11) is 0. The van der Waals surface area contributed by atoms with Crippen LogP contribution in [0.1, 0.15) is 5.56 Å². The molecule has 0 spiro atoms. The first-order valence-corrected chi connectivity index (χ1v) is 8.55. The highest BCUT2D eigenvalue weighted by atomic mass is 14.8. The second-order valence-electron chi connectivity index (χ2n) is 6.32. The van der Waals surface area contributed by atoms with E-state index in [0.29, 0.717) is 0 Å². The van der Waals surface area contributed by atoms with Crippen molar-refractivity contribution in [3.8, 4) is 0 Å². The summed E-state index contributed by atoms with van der Waals surface area (Å²) in [5, 5.41) is 11.2. The van der Waals surface area contributed by atoms with E-state index in [-0.39, 0.29) is 0 Å². The van der Waals surface area contributed by atoms with Crippen LogP contribution in [0.25, 0.3) is 38.0 Å². The Morgan fingerprint density at radius 2 is 1.12 bits per heavy atom. The molecule has 0 amide bonds. The lowest BCUT2D eigenvalue weighted by molar-refractivity contribution is 1.22. The first-order chi connectivity index (χ1) is 12.4. The van der Waals surface area contributed by atoms with Crippen molar-refractivity contribution >= 4 is 38.0 Å². The summed E-state index contributed by atoms with van der Waals surface area (Å²) < 4.78 is 0. The van der Waals surface area contributed by atoms with Crippen LogP contribution in [0.4, 0.5) is 0 Å². The van der Waals surface area contributed by atoms with Crippen molar-refractivity contribution in [1.29, 1.82) is 0 Å². The fourth-order valence-corrected chi connectivity index (χ4v) is 3.71. The van der Waals surface area contributed by atoms with E-state index < -0.39 is 0 Å². The van der Waals surface area contributed by atoms with Crippen LogP contribution in [0.3, 0.4) is 0 Å². The molecule has 1 heterocycles. The zero-order valence-electron chi connectivity index (χ0n) is 13.7. The average molecular weight is 319 g/mol. The molecule has 1 aliphatic heterocycles. The Bertz CT molecular complexity index is 1170. The molecule has 0 aliphatic carbocycles. The lowest BCUT2D eigenvalue weighted by atomic mass is 9.93. The van der Waals surface area contributed by atoms with Crippen LogP contribution in [0, 0.1) is 0 Å². The molecule has 5 rings (SSSR count). The smallest absolute Gasteiger partial charge is 0.0453 e. The van der Waals surface area contributed by atoms with E-state index >= 15 is 0 Å². The van der Waals surface area contributed by atoms with Gasteiger partial charge in [-0.05, 0) is 56.1 Å². The number of allylic oxidation sites excluding steroid dienone is 4. The van der Waals surface area contributed by atoms with Gasteiger partial charge in [0.1, 0.15) is 0 Å². The van der Waals surface area contributed by atoms with Gasteiger partial charge in [-0.25, -0.2) is 0 Å². The minimum atomic E-state index is 1.11. The minimum absolute atomic E-state index is 1.11. The second-order valence-corrected chi connectivity index (χ2v) is 6.32. The van der Waals surface area contributed by atoms with Crippen molar-refractivity contribution < 1.29 is 0 Å². The van der Waals surface area contributed by atoms with Gasteiger partial charge in [0, 0.05) is 11.9 Å². The van der Waals surface area contributed by atoms with Crippen molar-refractivity contribution in [1.82, 2.24) is 5.32 Å². The summed E-state index contributed by atoms with van der Waals surface area (Å²) in [6.45, 7) is 0. The molecule has 118 valence electrons. The fraction of sp³-hybridized carbons (Fsp3) is 0. The third kappa shape index (κ3) is 2.25.